The smallest absolute Gasteiger partial charge is 0.264 e. The highest BCUT2D eigenvalue weighted by Crippen LogP contribution is 2.32. The molecule has 1 N–H and O–H groups in total. The van der Waals surface area contributed by atoms with E-state index in [0.29, 0.717) is 30.3 Å². The van der Waals surface area contributed by atoms with Crippen molar-refractivity contribution >= 4 is 31.6 Å². The Hall–Kier alpha value is -3.81. The van der Waals surface area contributed by atoms with E-state index >= 15 is 0 Å². The maximum atomic E-state index is 13.9. The van der Waals surface area contributed by atoms with Gasteiger partial charge >= 0.3 is 0 Å². The zero-order valence-corrected chi connectivity index (χ0v) is 27.0. The Morgan fingerprint density at radius 1 is 0.818 bits per heavy atom. The number of benzene rings is 3. The molecule has 4 rings (SSSR count). The summed E-state index contributed by atoms with van der Waals surface area (Å²) in [5.74, 6) is 0.539. The van der Waals surface area contributed by atoms with Crippen LogP contribution < -0.4 is 23.8 Å². The molecule has 13 heteroatoms. The standard InChI is InChI=1S/C31H39N3O8S2/c1-23-18-24(2)20-25(19-23)34(44(38,39)28-12-13-29(40-3)30(21-28)41-4)22-31(35)32-14-17-42-26-8-10-27(11-9-26)43(36,37)33-15-6-5-7-16-33/h8-13,18-21H,5-7,14-17,22H2,1-4H3,(H,32,35). The molecule has 0 unspecified atom stereocenters. The summed E-state index contributed by atoms with van der Waals surface area (Å²) in [6.45, 7) is 4.48. The van der Waals surface area contributed by atoms with E-state index in [4.69, 9.17) is 14.2 Å². The summed E-state index contributed by atoms with van der Waals surface area (Å²) in [6, 6.07) is 15.8. The van der Waals surface area contributed by atoms with Crippen LogP contribution in [0, 0.1) is 13.8 Å². The summed E-state index contributed by atoms with van der Waals surface area (Å²) in [5, 5.41) is 2.71. The summed E-state index contributed by atoms with van der Waals surface area (Å²) < 4.78 is 72.2. The number of carbonyl (C=O) groups is 1. The molecule has 3 aromatic rings. The fraction of sp³-hybridized carbons (Fsp3) is 0.387. The van der Waals surface area contributed by atoms with Crippen LogP contribution >= 0.6 is 0 Å². The first-order valence-corrected chi connectivity index (χ1v) is 17.2. The van der Waals surface area contributed by atoms with E-state index in [1.165, 1.54) is 48.9 Å². The molecule has 238 valence electrons. The lowest BCUT2D eigenvalue weighted by Crippen LogP contribution is -2.42. The van der Waals surface area contributed by atoms with Gasteiger partial charge in [0, 0.05) is 19.2 Å². The van der Waals surface area contributed by atoms with Gasteiger partial charge in [-0.25, -0.2) is 16.8 Å². The number of anilines is 1. The summed E-state index contributed by atoms with van der Waals surface area (Å²) in [6.07, 6.45) is 2.75. The van der Waals surface area contributed by atoms with Gasteiger partial charge in [-0.3, -0.25) is 9.10 Å². The van der Waals surface area contributed by atoms with E-state index in [2.05, 4.69) is 5.32 Å². The summed E-state index contributed by atoms with van der Waals surface area (Å²) in [4.78, 5) is 13.2. The first-order valence-electron chi connectivity index (χ1n) is 14.3. The van der Waals surface area contributed by atoms with E-state index in [1.807, 2.05) is 19.9 Å². The number of nitrogens with zero attached hydrogens (tertiary/aromatic N) is 2. The van der Waals surface area contributed by atoms with Crippen molar-refractivity contribution in [1.82, 2.24) is 9.62 Å². The molecule has 0 bridgehead atoms. The van der Waals surface area contributed by atoms with Gasteiger partial charge in [0.25, 0.3) is 10.0 Å². The molecule has 11 nitrogen and oxygen atoms in total. The lowest BCUT2D eigenvalue weighted by Gasteiger charge is -2.26. The Morgan fingerprint density at radius 2 is 1.43 bits per heavy atom. The SMILES string of the molecule is COc1ccc(S(=O)(=O)N(CC(=O)NCCOc2ccc(S(=O)(=O)N3CCCCC3)cc2)c2cc(C)cc(C)c2)cc1OC. The quantitative estimate of drug-likeness (QED) is 0.277. The summed E-state index contributed by atoms with van der Waals surface area (Å²) >= 11 is 0. The number of piperidine rings is 1. The van der Waals surface area contributed by atoms with E-state index in [1.54, 1.807) is 24.3 Å². The van der Waals surface area contributed by atoms with Gasteiger partial charge in [-0.15, -0.1) is 0 Å². The second-order valence-electron chi connectivity index (χ2n) is 10.5. The lowest BCUT2D eigenvalue weighted by atomic mass is 10.1. The zero-order valence-electron chi connectivity index (χ0n) is 25.4. The molecule has 1 fully saturated rings. The van der Waals surface area contributed by atoms with Crippen LogP contribution in [0.25, 0.3) is 0 Å². The van der Waals surface area contributed by atoms with Crippen LogP contribution in [0.5, 0.6) is 17.2 Å². The molecule has 0 spiro atoms. The van der Waals surface area contributed by atoms with Gasteiger partial charge in [0.2, 0.25) is 15.9 Å². The molecule has 44 heavy (non-hydrogen) atoms. The van der Waals surface area contributed by atoms with Gasteiger partial charge in [0.15, 0.2) is 11.5 Å². The van der Waals surface area contributed by atoms with E-state index in [-0.39, 0.29) is 28.7 Å². The number of amides is 1. The number of nitrogens with one attached hydrogen (secondary N) is 1. The van der Waals surface area contributed by atoms with Crippen molar-refractivity contribution in [2.45, 2.75) is 42.9 Å². The van der Waals surface area contributed by atoms with Crippen molar-refractivity contribution in [2.24, 2.45) is 0 Å². The topological polar surface area (TPSA) is 132 Å². The molecule has 0 atom stereocenters. The molecule has 1 heterocycles. The minimum Gasteiger partial charge on any atom is -0.493 e. The Kier molecular flexibility index (Phi) is 10.8. The number of hydrogen-bond donors (Lipinski definition) is 1. The van der Waals surface area contributed by atoms with Crippen molar-refractivity contribution in [3.8, 4) is 17.2 Å². The third kappa shape index (κ3) is 7.82. The fourth-order valence-corrected chi connectivity index (χ4v) is 7.96. The van der Waals surface area contributed by atoms with Gasteiger partial charge in [0.1, 0.15) is 18.9 Å². The van der Waals surface area contributed by atoms with Crippen LogP contribution in [0.3, 0.4) is 0 Å². The Labute approximate surface area is 259 Å². The Bertz CT molecular complexity index is 1650. The molecular weight excluding hydrogens is 606 g/mol. The molecular formula is C31H39N3O8S2. The van der Waals surface area contributed by atoms with Crippen molar-refractivity contribution in [1.29, 1.82) is 0 Å². The molecule has 3 aromatic carbocycles. The summed E-state index contributed by atoms with van der Waals surface area (Å²) in [7, 11) is -4.86. The first kappa shape index (κ1) is 33.1. The van der Waals surface area contributed by atoms with Crippen molar-refractivity contribution in [2.75, 3.05) is 51.3 Å². The third-order valence-corrected chi connectivity index (χ3v) is 10.9. The average molecular weight is 646 g/mol. The van der Waals surface area contributed by atoms with Crippen LogP contribution in [0.4, 0.5) is 5.69 Å². The maximum absolute atomic E-state index is 13.9. The third-order valence-electron chi connectivity index (χ3n) is 7.19. The second kappa shape index (κ2) is 14.3. The number of hydrogen-bond acceptors (Lipinski definition) is 8. The van der Waals surface area contributed by atoms with Crippen molar-refractivity contribution in [3.05, 3.63) is 71.8 Å². The predicted molar refractivity (Wildman–Crippen MR) is 168 cm³/mol. The monoisotopic (exact) mass is 645 g/mol. The largest absolute Gasteiger partial charge is 0.493 e. The van der Waals surface area contributed by atoms with E-state index in [9.17, 15) is 21.6 Å². The highest BCUT2D eigenvalue weighted by Gasteiger charge is 2.29. The maximum Gasteiger partial charge on any atom is 0.264 e. The molecule has 1 amide bonds. The fourth-order valence-electron chi connectivity index (χ4n) is 5.02. The molecule has 1 aliphatic heterocycles. The van der Waals surface area contributed by atoms with Crippen LogP contribution in [-0.2, 0) is 24.8 Å². The van der Waals surface area contributed by atoms with Crippen LogP contribution in [0.2, 0.25) is 0 Å². The molecule has 0 aliphatic carbocycles. The highest BCUT2D eigenvalue weighted by atomic mass is 32.2. The normalized spacial score (nSPS) is 14.1. The van der Waals surface area contributed by atoms with Crippen molar-refractivity contribution in [3.63, 3.8) is 0 Å². The number of methoxy groups -OCH3 is 2. The number of ether oxygens (including phenoxy) is 3. The van der Waals surface area contributed by atoms with Gasteiger partial charge in [-0.1, -0.05) is 12.5 Å². The molecule has 0 saturated carbocycles. The number of rotatable bonds is 13. The minimum absolute atomic E-state index is 0.0591. The van der Waals surface area contributed by atoms with Crippen LogP contribution in [-0.4, -0.2) is 74.1 Å². The number of carbonyl (C=O) groups excluding carboxylic acids is 1. The van der Waals surface area contributed by atoms with Crippen LogP contribution in [0.15, 0.2) is 70.5 Å². The number of aryl methyl sites for hydroxylation is 2. The number of sulfonamides is 2. The Balaban J connectivity index is 1.42. The van der Waals surface area contributed by atoms with Gasteiger partial charge in [-0.2, -0.15) is 4.31 Å². The zero-order chi connectivity index (χ0) is 31.9. The molecule has 0 radical (unpaired) electrons. The molecule has 0 aromatic heterocycles. The first-order chi connectivity index (χ1) is 20.9. The highest BCUT2D eigenvalue weighted by molar-refractivity contribution is 7.92. The predicted octanol–water partition coefficient (Wildman–Crippen LogP) is 3.89. The second-order valence-corrected chi connectivity index (χ2v) is 14.3. The average Bonchev–Trinajstić information content (AvgIpc) is 3.01. The van der Waals surface area contributed by atoms with Crippen LogP contribution in [0.1, 0.15) is 30.4 Å². The van der Waals surface area contributed by atoms with Crippen molar-refractivity contribution < 1.29 is 35.8 Å². The molecule has 1 aliphatic rings. The molecule has 1 saturated heterocycles. The van der Waals surface area contributed by atoms with E-state index in [0.717, 1.165) is 34.7 Å². The minimum atomic E-state index is -4.19. The Morgan fingerprint density at radius 3 is 2.05 bits per heavy atom. The van der Waals surface area contributed by atoms with Gasteiger partial charge in [0.05, 0.1) is 36.2 Å². The summed E-state index contributed by atoms with van der Waals surface area (Å²) in [5.41, 5.74) is 2.04. The van der Waals surface area contributed by atoms with Gasteiger partial charge in [-0.05, 0) is 86.3 Å². The lowest BCUT2D eigenvalue weighted by molar-refractivity contribution is -0.119. The van der Waals surface area contributed by atoms with Gasteiger partial charge < -0.3 is 19.5 Å². The van der Waals surface area contributed by atoms with E-state index < -0.39 is 32.5 Å².